The van der Waals surface area contributed by atoms with E-state index in [1.54, 1.807) is 0 Å². The van der Waals surface area contributed by atoms with Crippen LogP contribution in [0.15, 0.2) is 0 Å². The van der Waals surface area contributed by atoms with Crippen LogP contribution in [0, 0.1) is 12.0 Å². The standard InChI is InChI=1S/C13H24N8/c1(2-20-4-10-12(18-8-20)16-6-14-10)3-21-5-11-13(19-9-21)17-7-15-11/h10-19H,2,4-9H2. The van der Waals surface area contributed by atoms with Crippen LogP contribution in [-0.2, 0) is 0 Å². The molecule has 0 bridgehead atoms. The van der Waals surface area contributed by atoms with E-state index in [0.717, 1.165) is 46.3 Å². The van der Waals surface area contributed by atoms with E-state index < -0.39 is 0 Å². The van der Waals surface area contributed by atoms with Gasteiger partial charge in [-0.15, -0.1) is 0 Å². The fraction of sp³-hybridized carbons (Fsp3) is 0.846. The van der Waals surface area contributed by atoms with Crippen molar-refractivity contribution in [2.45, 2.75) is 24.4 Å². The summed E-state index contributed by atoms with van der Waals surface area (Å²) < 4.78 is 0. The van der Waals surface area contributed by atoms with Gasteiger partial charge < -0.3 is 4.90 Å². The van der Waals surface area contributed by atoms with Crippen molar-refractivity contribution in [3.63, 3.8) is 0 Å². The Morgan fingerprint density at radius 1 is 0.810 bits per heavy atom. The number of hydrogen-bond donors (Lipinski definition) is 6. The van der Waals surface area contributed by atoms with Crippen LogP contribution in [0.1, 0.15) is 0 Å². The van der Waals surface area contributed by atoms with Crippen molar-refractivity contribution in [1.29, 1.82) is 0 Å². The van der Waals surface area contributed by atoms with Crippen molar-refractivity contribution >= 4 is 0 Å². The zero-order chi connectivity index (χ0) is 14.1. The van der Waals surface area contributed by atoms with Gasteiger partial charge in [-0.1, -0.05) is 5.92 Å². The van der Waals surface area contributed by atoms with Crippen LogP contribution in [0.4, 0.5) is 0 Å². The maximum Gasteiger partial charge on any atom is 0.0771 e. The lowest BCUT2D eigenvalue weighted by atomic mass is 10.2. The summed E-state index contributed by atoms with van der Waals surface area (Å²) in [5.41, 5.74) is 0. The van der Waals surface area contributed by atoms with Gasteiger partial charge >= 0.3 is 0 Å². The van der Waals surface area contributed by atoms with Crippen LogP contribution in [-0.4, -0.2) is 80.5 Å². The second-order valence-corrected chi connectivity index (χ2v) is 6.09. The molecule has 0 aromatic carbocycles. The van der Waals surface area contributed by atoms with Gasteiger partial charge in [0, 0.05) is 38.5 Å². The van der Waals surface area contributed by atoms with Crippen LogP contribution in [0.2, 0.25) is 0 Å². The highest BCUT2D eigenvalue weighted by Gasteiger charge is 2.32. The molecule has 0 aromatic rings. The van der Waals surface area contributed by atoms with Gasteiger partial charge in [0.05, 0.1) is 38.3 Å². The van der Waals surface area contributed by atoms with Crippen molar-refractivity contribution in [1.82, 2.24) is 41.7 Å². The normalized spacial score (nSPS) is 39.5. The molecule has 4 atom stereocenters. The maximum atomic E-state index is 3.49. The van der Waals surface area contributed by atoms with Gasteiger partial charge in [-0.2, -0.15) is 0 Å². The van der Waals surface area contributed by atoms with E-state index in [4.69, 9.17) is 0 Å². The zero-order valence-electron chi connectivity index (χ0n) is 12.2. The summed E-state index contributed by atoms with van der Waals surface area (Å²) in [6.07, 6.45) is 0.811. The molecule has 4 aliphatic rings. The summed E-state index contributed by atoms with van der Waals surface area (Å²) in [5.74, 6) is 3.31. The highest BCUT2D eigenvalue weighted by atomic mass is 15.4. The first kappa shape index (κ1) is 13.7. The van der Waals surface area contributed by atoms with Crippen LogP contribution < -0.4 is 31.9 Å². The van der Waals surface area contributed by atoms with Gasteiger partial charge in [0.25, 0.3) is 0 Å². The van der Waals surface area contributed by atoms with Gasteiger partial charge in [-0.3, -0.25) is 36.8 Å². The lowest BCUT2D eigenvalue weighted by molar-refractivity contribution is 0.176. The molecule has 4 fully saturated rings. The average Bonchev–Trinajstić information content (AvgIpc) is 3.14. The number of hydrogen-bond acceptors (Lipinski definition) is 8. The zero-order valence-corrected chi connectivity index (χ0v) is 12.2. The van der Waals surface area contributed by atoms with Crippen LogP contribution in [0.25, 0.3) is 0 Å². The largest absolute Gasteiger partial charge is 0.317 e. The molecule has 21 heavy (non-hydrogen) atoms. The molecule has 0 radical (unpaired) electrons. The van der Waals surface area contributed by atoms with Crippen LogP contribution in [0.5, 0.6) is 0 Å². The molecule has 4 aliphatic heterocycles. The summed E-state index contributed by atoms with van der Waals surface area (Å²) in [5, 5.41) is 20.6. The Hall–Kier alpha value is -0.920. The quantitative estimate of drug-likeness (QED) is 0.277. The van der Waals surface area contributed by atoms with Crippen LogP contribution in [0.3, 0.4) is 0 Å². The fourth-order valence-corrected chi connectivity index (χ4v) is 3.43. The van der Waals surface area contributed by atoms with Crippen molar-refractivity contribution in [3.05, 3.63) is 0 Å². The van der Waals surface area contributed by atoms with E-state index in [2.05, 4.69) is 53.7 Å². The monoisotopic (exact) mass is 292 g/mol. The van der Waals surface area contributed by atoms with Crippen LogP contribution >= 0.6 is 0 Å². The summed E-state index contributed by atoms with van der Waals surface area (Å²) in [4.78, 5) is 4.51. The molecule has 4 heterocycles. The smallest absolute Gasteiger partial charge is 0.0771 e. The highest BCUT2D eigenvalue weighted by Crippen LogP contribution is 2.06. The van der Waals surface area contributed by atoms with Gasteiger partial charge in [0.2, 0.25) is 0 Å². The Labute approximate surface area is 125 Å². The second kappa shape index (κ2) is 6.06. The van der Waals surface area contributed by atoms with E-state index >= 15 is 0 Å². The SMILES string of the molecule is C(#CN1CNC2NCNC2C1)CN1CNC2NCNC2C1. The Balaban J connectivity index is 1.25. The summed E-state index contributed by atoms with van der Waals surface area (Å²) in [6.45, 7) is 6.35. The number of rotatable bonds is 1. The molecule has 8 nitrogen and oxygen atoms in total. The topological polar surface area (TPSA) is 78.7 Å². The second-order valence-electron chi connectivity index (χ2n) is 6.09. The lowest BCUT2D eigenvalue weighted by Crippen LogP contribution is -2.59. The van der Waals surface area contributed by atoms with E-state index in [1.807, 2.05) is 0 Å². The fourth-order valence-electron chi connectivity index (χ4n) is 3.43. The predicted molar refractivity (Wildman–Crippen MR) is 79.5 cm³/mol. The average molecular weight is 292 g/mol. The summed E-state index contributed by atoms with van der Waals surface area (Å²) in [7, 11) is 0. The highest BCUT2D eigenvalue weighted by molar-refractivity contribution is 5.05. The Morgan fingerprint density at radius 2 is 1.52 bits per heavy atom. The van der Waals surface area contributed by atoms with E-state index in [0.29, 0.717) is 24.4 Å². The minimum absolute atomic E-state index is 0.396. The third-order valence-corrected chi connectivity index (χ3v) is 4.63. The number of nitrogens with one attached hydrogen (secondary N) is 6. The maximum absolute atomic E-state index is 3.49. The van der Waals surface area contributed by atoms with Gasteiger partial charge in [0.1, 0.15) is 0 Å². The molecule has 0 aliphatic carbocycles. The van der Waals surface area contributed by atoms with Crippen molar-refractivity contribution in [3.8, 4) is 12.0 Å². The molecule has 4 rings (SSSR count). The Kier molecular flexibility index (Phi) is 3.96. The first-order chi connectivity index (χ1) is 10.4. The number of fused-ring (bicyclic) bond motifs is 2. The molecule has 6 N–H and O–H groups in total. The summed E-state index contributed by atoms with van der Waals surface area (Å²) in [6, 6.07) is 4.24. The molecule has 0 saturated carbocycles. The van der Waals surface area contributed by atoms with E-state index in [-0.39, 0.29) is 0 Å². The molecule has 4 unspecified atom stereocenters. The third-order valence-electron chi connectivity index (χ3n) is 4.63. The molecule has 116 valence electrons. The first-order valence-electron chi connectivity index (χ1n) is 7.74. The molecule has 0 aromatic heterocycles. The predicted octanol–water partition coefficient (Wildman–Crippen LogP) is -3.64. The minimum Gasteiger partial charge on any atom is -0.317 e. The van der Waals surface area contributed by atoms with Gasteiger partial charge in [-0.25, -0.2) is 0 Å². The third kappa shape index (κ3) is 3.00. The van der Waals surface area contributed by atoms with Crippen molar-refractivity contribution in [2.24, 2.45) is 0 Å². The van der Waals surface area contributed by atoms with Crippen molar-refractivity contribution < 1.29 is 0 Å². The number of nitrogens with zero attached hydrogens (tertiary/aromatic N) is 2. The molecular weight excluding hydrogens is 268 g/mol. The lowest BCUT2D eigenvalue weighted by Gasteiger charge is -2.34. The summed E-state index contributed by atoms with van der Waals surface area (Å²) >= 11 is 0. The molecule has 0 spiro atoms. The van der Waals surface area contributed by atoms with E-state index in [1.165, 1.54) is 0 Å². The Bertz CT molecular complexity index is 432. The first-order valence-corrected chi connectivity index (χ1v) is 7.74. The molecular formula is C13H24N8. The minimum atomic E-state index is 0.396. The van der Waals surface area contributed by atoms with E-state index in [9.17, 15) is 0 Å². The molecule has 0 amide bonds. The van der Waals surface area contributed by atoms with Gasteiger partial charge in [-0.05, 0) is 0 Å². The Morgan fingerprint density at radius 3 is 2.33 bits per heavy atom. The molecule has 4 saturated heterocycles. The van der Waals surface area contributed by atoms with Crippen molar-refractivity contribution in [2.75, 3.05) is 46.3 Å². The molecule has 8 heteroatoms. The van der Waals surface area contributed by atoms with Gasteiger partial charge in [0.15, 0.2) is 0 Å².